The van der Waals surface area contributed by atoms with Gasteiger partial charge in [0.25, 0.3) is 11.8 Å². The van der Waals surface area contributed by atoms with Crippen LogP contribution in [0.15, 0.2) is 29.6 Å². The molecular weight excluding hydrogens is 348 g/mol. The Morgan fingerprint density at radius 1 is 1.27 bits per heavy atom. The summed E-state index contributed by atoms with van der Waals surface area (Å²) in [6.07, 6.45) is 2.78. The van der Waals surface area contributed by atoms with Crippen molar-refractivity contribution in [2.75, 3.05) is 25.0 Å². The number of amides is 2. The predicted octanol–water partition coefficient (Wildman–Crippen LogP) is 2.77. The summed E-state index contributed by atoms with van der Waals surface area (Å²) in [7, 11) is 0. The molecule has 2 heterocycles. The van der Waals surface area contributed by atoms with Gasteiger partial charge in [0, 0.05) is 36.1 Å². The Balaban J connectivity index is 1.60. The minimum absolute atomic E-state index is 0.0562. The van der Waals surface area contributed by atoms with Gasteiger partial charge in [0.1, 0.15) is 5.69 Å². The van der Waals surface area contributed by atoms with Crippen molar-refractivity contribution in [3.63, 3.8) is 0 Å². The number of likely N-dealkylation sites (tertiary alicyclic amines) is 1. The zero-order valence-electron chi connectivity index (χ0n) is 14.9. The molecule has 0 unspecified atom stereocenters. The Hall–Kier alpha value is -2.25. The lowest BCUT2D eigenvalue weighted by molar-refractivity contribution is 0.0697. The van der Waals surface area contributed by atoms with Gasteiger partial charge in [-0.1, -0.05) is 6.92 Å². The van der Waals surface area contributed by atoms with Crippen LogP contribution < -0.4 is 11.1 Å². The minimum Gasteiger partial charge on any atom is -0.339 e. The number of piperidine rings is 1. The Labute approximate surface area is 157 Å². The quantitative estimate of drug-likeness (QED) is 0.845. The molecule has 7 heteroatoms. The highest BCUT2D eigenvalue weighted by molar-refractivity contribution is 7.09. The summed E-state index contributed by atoms with van der Waals surface area (Å²) in [6.45, 7) is 4.36. The second kappa shape index (κ2) is 8.42. The molecule has 6 nitrogen and oxygen atoms in total. The summed E-state index contributed by atoms with van der Waals surface area (Å²) >= 11 is 1.43. The zero-order valence-corrected chi connectivity index (χ0v) is 15.7. The first-order valence-corrected chi connectivity index (χ1v) is 9.80. The highest BCUT2D eigenvalue weighted by atomic mass is 32.1. The fraction of sp³-hybridized carbons (Fsp3) is 0.421. The van der Waals surface area contributed by atoms with Gasteiger partial charge in [-0.2, -0.15) is 0 Å². The van der Waals surface area contributed by atoms with Crippen molar-refractivity contribution >= 4 is 28.8 Å². The third-order valence-corrected chi connectivity index (χ3v) is 5.51. The first-order chi connectivity index (χ1) is 12.6. The van der Waals surface area contributed by atoms with Crippen molar-refractivity contribution in [3.05, 3.63) is 45.9 Å². The Morgan fingerprint density at radius 2 is 1.96 bits per heavy atom. The molecule has 0 saturated carbocycles. The van der Waals surface area contributed by atoms with Crippen molar-refractivity contribution in [1.29, 1.82) is 0 Å². The van der Waals surface area contributed by atoms with Crippen LogP contribution in [0.25, 0.3) is 0 Å². The van der Waals surface area contributed by atoms with E-state index in [1.165, 1.54) is 11.3 Å². The number of rotatable bonds is 5. The molecule has 0 spiro atoms. The van der Waals surface area contributed by atoms with Crippen LogP contribution in [0, 0.1) is 5.92 Å². The SMILES string of the molecule is CC1CCN(C(=O)c2ccc(NC(=O)c3csc(CCN)n3)cc2)CC1. The Bertz CT molecular complexity index is 764. The number of nitrogens with one attached hydrogen (secondary N) is 1. The van der Waals surface area contributed by atoms with Gasteiger partial charge >= 0.3 is 0 Å². The number of hydrogen-bond donors (Lipinski definition) is 2. The third kappa shape index (κ3) is 4.47. The Morgan fingerprint density at radius 3 is 2.62 bits per heavy atom. The Kier molecular flexibility index (Phi) is 6.00. The van der Waals surface area contributed by atoms with Crippen LogP contribution in [0.5, 0.6) is 0 Å². The summed E-state index contributed by atoms with van der Waals surface area (Å²) < 4.78 is 0. The molecule has 0 aliphatic carbocycles. The lowest BCUT2D eigenvalue weighted by Crippen LogP contribution is -2.37. The molecule has 3 rings (SSSR count). The molecular formula is C19H24N4O2S. The van der Waals surface area contributed by atoms with Gasteiger partial charge in [-0.25, -0.2) is 4.98 Å². The number of nitrogens with two attached hydrogens (primary N) is 1. The predicted molar refractivity (Wildman–Crippen MR) is 104 cm³/mol. The van der Waals surface area contributed by atoms with E-state index >= 15 is 0 Å². The smallest absolute Gasteiger partial charge is 0.275 e. The van der Waals surface area contributed by atoms with Crippen LogP contribution in [-0.4, -0.2) is 41.3 Å². The number of nitrogens with zero attached hydrogens (tertiary/aromatic N) is 2. The molecule has 0 atom stereocenters. The fourth-order valence-electron chi connectivity index (χ4n) is 2.94. The first kappa shape index (κ1) is 18.5. The molecule has 1 aliphatic heterocycles. The van der Waals surface area contributed by atoms with E-state index < -0.39 is 0 Å². The van der Waals surface area contributed by atoms with E-state index in [2.05, 4.69) is 17.2 Å². The summed E-state index contributed by atoms with van der Waals surface area (Å²) in [6, 6.07) is 7.03. The lowest BCUT2D eigenvalue weighted by Gasteiger charge is -2.30. The van der Waals surface area contributed by atoms with Crippen molar-refractivity contribution < 1.29 is 9.59 Å². The van der Waals surface area contributed by atoms with Crippen molar-refractivity contribution in [2.45, 2.75) is 26.2 Å². The molecule has 2 amide bonds. The van der Waals surface area contributed by atoms with E-state index in [4.69, 9.17) is 5.73 Å². The number of aromatic nitrogens is 1. The molecule has 0 bridgehead atoms. The number of benzene rings is 1. The van der Waals surface area contributed by atoms with Gasteiger partial charge < -0.3 is 16.0 Å². The second-order valence-electron chi connectivity index (χ2n) is 6.67. The summed E-state index contributed by atoms with van der Waals surface area (Å²) in [5, 5.41) is 5.40. The van der Waals surface area contributed by atoms with Crippen molar-refractivity contribution in [2.24, 2.45) is 11.7 Å². The maximum atomic E-state index is 12.5. The van der Waals surface area contributed by atoms with E-state index in [-0.39, 0.29) is 11.8 Å². The average Bonchev–Trinajstić information content (AvgIpc) is 3.12. The van der Waals surface area contributed by atoms with Crippen LogP contribution in [0.1, 0.15) is 45.6 Å². The average molecular weight is 372 g/mol. The molecule has 1 aliphatic rings. The van der Waals surface area contributed by atoms with Crippen molar-refractivity contribution in [3.8, 4) is 0 Å². The van der Waals surface area contributed by atoms with Crippen LogP contribution in [-0.2, 0) is 6.42 Å². The van der Waals surface area contributed by atoms with Crippen LogP contribution in [0.3, 0.4) is 0 Å². The number of anilines is 1. The molecule has 0 radical (unpaired) electrons. The monoisotopic (exact) mass is 372 g/mol. The zero-order chi connectivity index (χ0) is 18.5. The van der Waals surface area contributed by atoms with E-state index in [1.54, 1.807) is 29.6 Å². The molecule has 1 saturated heterocycles. The number of carbonyl (C=O) groups excluding carboxylic acids is 2. The van der Waals surface area contributed by atoms with Gasteiger partial charge in [-0.3, -0.25) is 9.59 Å². The second-order valence-corrected chi connectivity index (χ2v) is 7.61. The third-order valence-electron chi connectivity index (χ3n) is 4.60. The maximum absolute atomic E-state index is 12.5. The molecule has 3 N–H and O–H groups in total. The van der Waals surface area contributed by atoms with Gasteiger partial charge in [-0.15, -0.1) is 11.3 Å². The first-order valence-electron chi connectivity index (χ1n) is 8.92. The summed E-state index contributed by atoms with van der Waals surface area (Å²) in [5.74, 6) is 0.488. The standard InChI is InChI=1S/C19H24N4O2S/c1-13-7-10-23(11-8-13)19(25)14-2-4-15(5-3-14)21-18(24)16-12-26-17(22-16)6-9-20/h2-5,12-13H,6-11,20H2,1H3,(H,21,24). The normalized spacial score (nSPS) is 15.1. The van der Waals surface area contributed by atoms with Crippen molar-refractivity contribution in [1.82, 2.24) is 9.88 Å². The largest absolute Gasteiger partial charge is 0.339 e. The molecule has 138 valence electrons. The van der Waals surface area contributed by atoms with Crippen LogP contribution >= 0.6 is 11.3 Å². The number of carbonyl (C=O) groups is 2. The highest BCUT2D eigenvalue weighted by Crippen LogP contribution is 2.19. The number of thiazole rings is 1. The molecule has 26 heavy (non-hydrogen) atoms. The molecule has 1 aromatic heterocycles. The highest BCUT2D eigenvalue weighted by Gasteiger charge is 2.21. The van der Waals surface area contributed by atoms with Crippen LogP contribution in [0.2, 0.25) is 0 Å². The minimum atomic E-state index is -0.256. The van der Waals surface area contributed by atoms with Gasteiger partial charge in [0.15, 0.2) is 0 Å². The summed E-state index contributed by atoms with van der Waals surface area (Å²) in [5.41, 5.74) is 7.19. The van der Waals surface area contributed by atoms with Gasteiger partial charge in [0.05, 0.1) is 5.01 Å². The van der Waals surface area contributed by atoms with Gasteiger partial charge in [-0.05, 0) is 49.6 Å². The number of hydrogen-bond acceptors (Lipinski definition) is 5. The molecule has 2 aromatic rings. The van der Waals surface area contributed by atoms with Gasteiger partial charge in [0.2, 0.25) is 0 Å². The van der Waals surface area contributed by atoms with E-state index in [1.807, 2.05) is 4.90 Å². The topological polar surface area (TPSA) is 88.3 Å². The molecule has 1 aromatic carbocycles. The van der Waals surface area contributed by atoms with E-state index in [0.29, 0.717) is 35.8 Å². The fourth-order valence-corrected chi connectivity index (χ4v) is 3.73. The summed E-state index contributed by atoms with van der Waals surface area (Å²) in [4.78, 5) is 31.0. The maximum Gasteiger partial charge on any atom is 0.275 e. The molecule has 1 fully saturated rings. The lowest BCUT2D eigenvalue weighted by atomic mass is 9.98. The van der Waals surface area contributed by atoms with Crippen LogP contribution in [0.4, 0.5) is 5.69 Å². The van der Waals surface area contributed by atoms with E-state index in [0.717, 1.165) is 30.9 Å². The van der Waals surface area contributed by atoms with E-state index in [9.17, 15) is 9.59 Å².